The number of oxazole rings is 1. The number of nitrogens with zero attached hydrogens (tertiary/aromatic N) is 1. The summed E-state index contributed by atoms with van der Waals surface area (Å²) in [6.07, 6.45) is 3.17. The number of nitrogen functional groups attached to an aromatic ring is 1. The lowest BCUT2D eigenvalue weighted by molar-refractivity contribution is 0.102. The highest BCUT2D eigenvalue weighted by molar-refractivity contribution is 6.02. The van der Waals surface area contributed by atoms with Gasteiger partial charge >= 0.3 is 0 Å². The fraction of sp³-hybridized carbons (Fsp3) is 0.200. The maximum absolute atomic E-state index is 12.2. The quantitative estimate of drug-likeness (QED) is 0.591. The highest BCUT2D eigenvalue weighted by atomic mass is 16.3. The minimum atomic E-state index is -0.350. The van der Waals surface area contributed by atoms with Crippen molar-refractivity contribution in [2.45, 2.75) is 25.8 Å². The summed E-state index contributed by atoms with van der Waals surface area (Å²) < 4.78 is 5.18. The van der Waals surface area contributed by atoms with Crippen molar-refractivity contribution in [2.75, 3.05) is 11.1 Å². The largest absolute Gasteiger partial charge is 0.446 e. The van der Waals surface area contributed by atoms with Gasteiger partial charge in [-0.2, -0.15) is 0 Å². The van der Waals surface area contributed by atoms with Crippen molar-refractivity contribution in [3.05, 3.63) is 77.5 Å². The minimum absolute atomic E-state index is 0.213. The first-order valence-corrected chi connectivity index (χ1v) is 8.47. The van der Waals surface area contributed by atoms with E-state index in [0.29, 0.717) is 11.6 Å². The number of hydrogen-bond acceptors (Lipinski definition) is 5. The van der Waals surface area contributed by atoms with Gasteiger partial charge in [0.25, 0.3) is 5.91 Å². The molecule has 0 saturated carbocycles. The molecule has 0 bridgehead atoms. The number of nitrogens with one attached hydrogen (secondary N) is 1. The molecule has 2 aromatic carbocycles. The number of aromatic nitrogens is 1. The van der Waals surface area contributed by atoms with Crippen molar-refractivity contribution in [1.82, 2.24) is 4.98 Å². The van der Waals surface area contributed by atoms with Crippen LogP contribution in [-0.4, -0.2) is 10.9 Å². The van der Waals surface area contributed by atoms with E-state index in [1.807, 2.05) is 48.5 Å². The van der Waals surface area contributed by atoms with Crippen LogP contribution in [0.3, 0.4) is 0 Å². The topological polar surface area (TPSA) is 107 Å². The molecule has 0 saturated heterocycles. The van der Waals surface area contributed by atoms with Crippen molar-refractivity contribution in [1.29, 1.82) is 0 Å². The number of rotatable bonds is 6. The van der Waals surface area contributed by atoms with Crippen molar-refractivity contribution in [3.63, 3.8) is 0 Å². The second-order valence-corrected chi connectivity index (χ2v) is 6.25. The third-order valence-electron chi connectivity index (χ3n) is 4.04. The molecular formula is C20H22N4O2. The highest BCUT2D eigenvalue weighted by Gasteiger charge is 2.14. The predicted octanol–water partition coefficient (Wildman–Crippen LogP) is 3.31. The molecule has 0 aliphatic heterocycles. The van der Waals surface area contributed by atoms with E-state index in [2.05, 4.69) is 10.3 Å². The van der Waals surface area contributed by atoms with Crippen molar-refractivity contribution in [2.24, 2.45) is 5.73 Å². The Hall–Kier alpha value is -3.12. The van der Waals surface area contributed by atoms with Gasteiger partial charge in [0.1, 0.15) is 6.26 Å². The third kappa shape index (κ3) is 4.49. The number of benzene rings is 2. The third-order valence-corrected chi connectivity index (χ3v) is 4.04. The molecule has 26 heavy (non-hydrogen) atoms. The number of amides is 1. The zero-order valence-electron chi connectivity index (χ0n) is 14.6. The van der Waals surface area contributed by atoms with Crippen molar-refractivity contribution >= 4 is 17.3 Å². The Bertz CT molecular complexity index is 868. The lowest BCUT2D eigenvalue weighted by Crippen LogP contribution is -2.13. The maximum Gasteiger partial charge on any atom is 0.277 e. The molecule has 1 atom stereocenters. The van der Waals surface area contributed by atoms with Crippen molar-refractivity contribution < 1.29 is 9.21 Å². The Morgan fingerprint density at radius 1 is 1.08 bits per heavy atom. The SMILES string of the molecule is CC(N)c1nc(C(=O)Nc2ccc(CCc3ccc(N)cc3)cc2)co1. The Labute approximate surface area is 152 Å². The molecule has 1 heterocycles. The summed E-state index contributed by atoms with van der Waals surface area (Å²) in [5, 5.41) is 2.80. The number of carbonyl (C=O) groups is 1. The zero-order chi connectivity index (χ0) is 18.5. The molecule has 0 radical (unpaired) electrons. The van der Waals surface area contributed by atoms with Gasteiger partial charge in [-0.05, 0) is 55.2 Å². The lowest BCUT2D eigenvalue weighted by Gasteiger charge is -2.06. The number of aryl methyl sites for hydroxylation is 2. The van der Waals surface area contributed by atoms with E-state index in [9.17, 15) is 4.79 Å². The van der Waals surface area contributed by atoms with Crippen LogP contribution in [0.4, 0.5) is 11.4 Å². The van der Waals surface area contributed by atoms with Crippen molar-refractivity contribution in [3.8, 4) is 0 Å². The summed E-state index contributed by atoms with van der Waals surface area (Å²) in [4.78, 5) is 16.3. The summed E-state index contributed by atoms with van der Waals surface area (Å²) in [6, 6.07) is 15.3. The van der Waals surface area contributed by atoms with Crippen LogP contribution in [0.15, 0.2) is 59.2 Å². The average Bonchev–Trinajstić information content (AvgIpc) is 3.13. The summed E-state index contributed by atoms with van der Waals surface area (Å²) in [5.41, 5.74) is 15.5. The number of hydrogen-bond donors (Lipinski definition) is 3. The first-order chi connectivity index (χ1) is 12.5. The molecule has 6 nitrogen and oxygen atoms in total. The van der Waals surface area contributed by atoms with Crippen LogP contribution >= 0.6 is 0 Å². The van der Waals surface area contributed by atoms with E-state index in [0.717, 1.165) is 18.5 Å². The molecule has 134 valence electrons. The predicted molar refractivity (Wildman–Crippen MR) is 102 cm³/mol. The number of anilines is 2. The summed E-state index contributed by atoms with van der Waals surface area (Å²) >= 11 is 0. The first kappa shape index (κ1) is 17.7. The Morgan fingerprint density at radius 3 is 2.19 bits per heavy atom. The second kappa shape index (κ2) is 7.84. The van der Waals surface area contributed by atoms with Crippen LogP contribution in [0.2, 0.25) is 0 Å². The van der Waals surface area contributed by atoms with Crippen LogP contribution in [0.5, 0.6) is 0 Å². The smallest absolute Gasteiger partial charge is 0.277 e. The summed E-state index contributed by atoms with van der Waals surface area (Å²) in [5.74, 6) is 0.0171. The lowest BCUT2D eigenvalue weighted by atomic mass is 10.0. The van der Waals surface area contributed by atoms with E-state index < -0.39 is 0 Å². The van der Waals surface area contributed by atoms with Crippen LogP contribution in [0.25, 0.3) is 0 Å². The molecule has 0 fully saturated rings. The molecule has 1 aromatic heterocycles. The molecule has 0 spiro atoms. The number of carbonyl (C=O) groups excluding carboxylic acids is 1. The molecule has 0 aliphatic carbocycles. The average molecular weight is 350 g/mol. The number of nitrogens with two attached hydrogens (primary N) is 2. The standard InChI is InChI=1S/C20H22N4O2/c1-13(21)20-24-18(12-26-20)19(25)23-17-10-6-15(7-11-17)3-2-14-4-8-16(22)9-5-14/h4-13H,2-3,21-22H2,1H3,(H,23,25). The molecule has 3 aromatic rings. The normalized spacial score (nSPS) is 11.9. The van der Waals surface area contributed by atoms with Gasteiger partial charge in [0.05, 0.1) is 6.04 Å². The molecule has 0 aliphatic rings. The van der Waals surface area contributed by atoms with Crippen LogP contribution in [0, 0.1) is 0 Å². The van der Waals surface area contributed by atoms with Gasteiger partial charge in [-0.25, -0.2) is 4.98 Å². The second-order valence-electron chi connectivity index (χ2n) is 6.25. The van der Waals surface area contributed by atoms with Crippen LogP contribution in [-0.2, 0) is 12.8 Å². The highest BCUT2D eigenvalue weighted by Crippen LogP contribution is 2.15. The van der Waals surface area contributed by atoms with Crippen LogP contribution < -0.4 is 16.8 Å². The maximum atomic E-state index is 12.2. The Morgan fingerprint density at radius 2 is 1.65 bits per heavy atom. The van der Waals surface area contributed by atoms with Gasteiger partial charge in [0.2, 0.25) is 5.89 Å². The van der Waals surface area contributed by atoms with E-state index in [1.54, 1.807) is 6.92 Å². The molecule has 3 rings (SSSR count). The first-order valence-electron chi connectivity index (χ1n) is 8.47. The summed E-state index contributed by atoms with van der Waals surface area (Å²) in [6.45, 7) is 1.75. The zero-order valence-corrected chi connectivity index (χ0v) is 14.6. The minimum Gasteiger partial charge on any atom is -0.446 e. The van der Waals surface area contributed by atoms with Gasteiger partial charge in [-0.1, -0.05) is 24.3 Å². The Kier molecular flexibility index (Phi) is 5.34. The molecule has 6 heteroatoms. The fourth-order valence-corrected chi connectivity index (χ4v) is 2.52. The van der Waals surface area contributed by atoms with E-state index in [1.165, 1.54) is 17.4 Å². The van der Waals surface area contributed by atoms with Gasteiger partial charge < -0.3 is 21.2 Å². The van der Waals surface area contributed by atoms with Gasteiger partial charge in [-0.15, -0.1) is 0 Å². The Balaban J connectivity index is 1.56. The molecular weight excluding hydrogens is 328 g/mol. The van der Waals surface area contributed by atoms with Crippen LogP contribution in [0.1, 0.15) is 40.5 Å². The van der Waals surface area contributed by atoms with E-state index in [-0.39, 0.29) is 17.6 Å². The monoisotopic (exact) mass is 350 g/mol. The van der Waals surface area contributed by atoms with E-state index >= 15 is 0 Å². The molecule has 5 N–H and O–H groups in total. The van der Waals surface area contributed by atoms with Gasteiger partial charge in [0, 0.05) is 11.4 Å². The summed E-state index contributed by atoms with van der Waals surface area (Å²) in [7, 11) is 0. The van der Waals surface area contributed by atoms with Gasteiger partial charge in [0.15, 0.2) is 5.69 Å². The fourth-order valence-electron chi connectivity index (χ4n) is 2.52. The molecule has 1 amide bonds. The van der Waals surface area contributed by atoms with Gasteiger partial charge in [-0.3, -0.25) is 4.79 Å². The van der Waals surface area contributed by atoms with E-state index in [4.69, 9.17) is 15.9 Å². The molecule has 1 unspecified atom stereocenters.